The van der Waals surface area contributed by atoms with Gasteiger partial charge in [-0.1, -0.05) is 13.8 Å². The lowest BCUT2D eigenvalue weighted by Gasteiger charge is -2.38. The molecular weight excluding hydrogens is 196 g/mol. The van der Waals surface area contributed by atoms with Crippen LogP contribution in [0.1, 0.15) is 58.8 Å². The van der Waals surface area contributed by atoms with Gasteiger partial charge in [0.2, 0.25) is 0 Å². The normalized spacial score (nSPS) is 26.8. The van der Waals surface area contributed by atoms with E-state index in [0.29, 0.717) is 11.3 Å². The van der Waals surface area contributed by atoms with Crippen LogP contribution in [0.25, 0.3) is 0 Å². The summed E-state index contributed by atoms with van der Waals surface area (Å²) >= 11 is 0. The van der Waals surface area contributed by atoms with Crippen LogP contribution in [-0.4, -0.2) is 23.8 Å². The van der Waals surface area contributed by atoms with E-state index in [4.69, 9.17) is 5.41 Å². The number of piperidine rings is 1. The first-order valence-electron chi connectivity index (χ1n) is 6.92. The molecule has 0 aromatic carbocycles. The minimum atomic E-state index is 0.526. The number of amidine groups is 1. The number of hydrogen-bond donors (Lipinski definition) is 1. The van der Waals surface area contributed by atoms with Gasteiger partial charge < -0.3 is 4.90 Å². The van der Waals surface area contributed by atoms with Gasteiger partial charge >= 0.3 is 0 Å². The minimum Gasteiger partial charge on any atom is -0.360 e. The monoisotopic (exact) mass is 222 g/mol. The van der Waals surface area contributed by atoms with Gasteiger partial charge in [-0.25, -0.2) is 0 Å². The SMILES string of the molecule is CC1(C)CCC(C(=N)N2CCCCC2)CC1. The maximum atomic E-state index is 8.33. The summed E-state index contributed by atoms with van der Waals surface area (Å²) in [5.74, 6) is 1.52. The van der Waals surface area contributed by atoms with Crippen molar-refractivity contribution in [2.45, 2.75) is 58.8 Å². The summed E-state index contributed by atoms with van der Waals surface area (Å²) in [6.07, 6.45) is 9.02. The molecule has 92 valence electrons. The molecule has 1 saturated heterocycles. The molecular formula is C14H26N2. The zero-order valence-electron chi connectivity index (χ0n) is 10.9. The van der Waals surface area contributed by atoms with Gasteiger partial charge in [0.05, 0.1) is 5.84 Å². The molecule has 0 aromatic rings. The maximum absolute atomic E-state index is 8.33. The molecule has 1 aliphatic heterocycles. The van der Waals surface area contributed by atoms with Gasteiger partial charge in [-0.05, 0) is 50.4 Å². The van der Waals surface area contributed by atoms with Crippen molar-refractivity contribution in [3.63, 3.8) is 0 Å². The van der Waals surface area contributed by atoms with Gasteiger partial charge in [0, 0.05) is 19.0 Å². The second-order valence-corrected chi connectivity index (χ2v) is 6.37. The van der Waals surface area contributed by atoms with Gasteiger partial charge in [-0.3, -0.25) is 5.41 Å². The van der Waals surface area contributed by atoms with Gasteiger partial charge in [0.1, 0.15) is 0 Å². The fourth-order valence-corrected chi connectivity index (χ4v) is 3.07. The molecule has 16 heavy (non-hydrogen) atoms. The van der Waals surface area contributed by atoms with E-state index < -0.39 is 0 Å². The number of nitrogens with one attached hydrogen (secondary N) is 1. The third kappa shape index (κ3) is 2.78. The van der Waals surface area contributed by atoms with Gasteiger partial charge in [0.25, 0.3) is 0 Å². The Bertz CT molecular complexity index is 241. The largest absolute Gasteiger partial charge is 0.360 e. The van der Waals surface area contributed by atoms with E-state index in [1.807, 2.05) is 0 Å². The van der Waals surface area contributed by atoms with E-state index in [0.717, 1.165) is 18.9 Å². The molecule has 1 saturated carbocycles. The van der Waals surface area contributed by atoms with E-state index >= 15 is 0 Å². The van der Waals surface area contributed by atoms with Crippen LogP contribution in [0.4, 0.5) is 0 Å². The predicted molar refractivity (Wildman–Crippen MR) is 68.9 cm³/mol. The van der Waals surface area contributed by atoms with E-state index in [1.54, 1.807) is 0 Å². The smallest absolute Gasteiger partial charge is 0.0989 e. The summed E-state index contributed by atoms with van der Waals surface area (Å²) in [4.78, 5) is 2.34. The van der Waals surface area contributed by atoms with Crippen LogP contribution in [0.5, 0.6) is 0 Å². The van der Waals surface area contributed by atoms with Crippen molar-refractivity contribution in [1.29, 1.82) is 5.41 Å². The molecule has 2 heteroatoms. The van der Waals surface area contributed by atoms with Crippen LogP contribution < -0.4 is 0 Å². The fourth-order valence-electron chi connectivity index (χ4n) is 3.07. The lowest BCUT2D eigenvalue weighted by atomic mass is 9.72. The van der Waals surface area contributed by atoms with Crippen molar-refractivity contribution in [1.82, 2.24) is 4.90 Å². The highest BCUT2D eigenvalue weighted by atomic mass is 15.2. The van der Waals surface area contributed by atoms with E-state index in [9.17, 15) is 0 Å². The molecule has 1 heterocycles. The Hall–Kier alpha value is -0.530. The van der Waals surface area contributed by atoms with Crippen molar-refractivity contribution < 1.29 is 0 Å². The zero-order valence-corrected chi connectivity index (χ0v) is 10.9. The van der Waals surface area contributed by atoms with E-state index in [1.165, 1.54) is 44.9 Å². The highest BCUT2D eigenvalue weighted by molar-refractivity contribution is 5.81. The van der Waals surface area contributed by atoms with Crippen LogP contribution in [0, 0.1) is 16.7 Å². The molecule has 1 N–H and O–H groups in total. The molecule has 2 nitrogen and oxygen atoms in total. The molecule has 2 fully saturated rings. The molecule has 0 unspecified atom stereocenters. The summed E-state index contributed by atoms with van der Waals surface area (Å²) in [6, 6.07) is 0. The Morgan fingerprint density at radius 3 is 2.19 bits per heavy atom. The first-order chi connectivity index (χ1) is 7.58. The summed E-state index contributed by atoms with van der Waals surface area (Å²) in [7, 11) is 0. The Morgan fingerprint density at radius 1 is 1.06 bits per heavy atom. The third-order valence-electron chi connectivity index (χ3n) is 4.42. The quantitative estimate of drug-likeness (QED) is 0.532. The molecule has 2 rings (SSSR count). The van der Waals surface area contributed by atoms with Crippen molar-refractivity contribution in [2.75, 3.05) is 13.1 Å². The van der Waals surface area contributed by atoms with Crippen molar-refractivity contribution in [3.8, 4) is 0 Å². The van der Waals surface area contributed by atoms with Crippen molar-refractivity contribution in [2.24, 2.45) is 11.3 Å². The first-order valence-corrected chi connectivity index (χ1v) is 6.92. The molecule has 0 bridgehead atoms. The third-order valence-corrected chi connectivity index (χ3v) is 4.42. The molecule has 1 aliphatic carbocycles. The highest BCUT2D eigenvalue weighted by Gasteiger charge is 2.30. The molecule has 0 atom stereocenters. The van der Waals surface area contributed by atoms with Crippen LogP contribution in [0.2, 0.25) is 0 Å². The van der Waals surface area contributed by atoms with Crippen LogP contribution in [0.3, 0.4) is 0 Å². The number of nitrogens with zero attached hydrogens (tertiary/aromatic N) is 1. The standard InChI is InChI=1S/C14H26N2/c1-14(2)8-6-12(7-9-14)13(15)16-10-4-3-5-11-16/h12,15H,3-11H2,1-2H3. The lowest BCUT2D eigenvalue weighted by Crippen LogP contribution is -2.41. The first kappa shape index (κ1) is 11.9. The maximum Gasteiger partial charge on any atom is 0.0989 e. The van der Waals surface area contributed by atoms with Crippen molar-refractivity contribution in [3.05, 3.63) is 0 Å². The van der Waals surface area contributed by atoms with Crippen molar-refractivity contribution >= 4 is 5.84 Å². The molecule has 2 aliphatic rings. The zero-order chi connectivity index (χ0) is 11.6. The van der Waals surface area contributed by atoms with Crippen LogP contribution in [0.15, 0.2) is 0 Å². The minimum absolute atomic E-state index is 0.526. The number of hydrogen-bond acceptors (Lipinski definition) is 1. The Labute approximate surface area is 99.9 Å². The van der Waals surface area contributed by atoms with Gasteiger partial charge in [0.15, 0.2) is 0 Å². The molecule has 0 amide bonds. The summed E-state index contributed by atoms with van der Waals surface area (Å²) in [5, 5.41) is 8.33. The summed E-state index contributed by atoms with van der Waals surface area (Å²) < 4.78 is 0. The van der Waals surface area contributed by atoms with Crippen LogP contribution >= 0.6 is 0 Å². The van der Waals surface area contributed by atoms with Gasteiger partial charge in [-0.15, -0.1) is 0 Å². The van der Waals surface area contributed by atoms with E-state index in [2.05, 4.69) is 18.7 Å². The average molecular weight is 222 g/mol. The summed E-state index contributed by atoms with van der Waals surface area (Å²) in [6.45, 7) is 7.01. The Morgan fingerprint density at radius 2 is 1.62 bits per heavy atom. The van der Waals surface area contributed by atoms with Crippen LogP contribution in [-0.2, 0) is 0 Å². The number of likely N-dealkylation sites (tertiary alicyclic amines) is 1. The second kappa shape index (κ2) is 4.77. The van der Waals surface area contributed by atoms with E-state index in [-0.39, 0.29) is 0 Å². The lowest BCUT2D eigenvalue weighted by molar-refractivity contribution is 0.208. The second-order valence-electron chi connectivity index (χ2n) is 6.37. The Balaban J connectivity index is 1.86. The Kier molecular flexibility index (Phi) is 3.56. The molecule has 0 spiro atoms. The predicted octanol–water partition coefficient (Wildman–Crippen LogP) is 3.67. The number of rotatable bonds is 1. The molecule has 0 aromatic heterocycles. The van der Waals surface area contributed by atoms with Gasteiger partial charge in [-0.2, -0.15) is 0 Å². The fraction of sp³-hybridized carbons (Fsp3) is 0.929. The molecule has 0 radical (unpaired) electrons. The highest BCUT2D eigenvalue weighted by Crippen LogP contribution is 2.38. The topological polar surface area (TPSA) is 27.1 Å². The summed E-state index contributed by atoms with van der Waals surface area (Å²) in [5.41, 5.74) is 0.526. The average Bonchev–Trinajstić information content (AvgIpc) is 2.29.